The minimum Gasteiger partial charge on any atom is -0.493 e. The van der Waals surface area contributed by atoms with Gasteiger partial charge < -0.3 is 9.30 Å². The maximum Gasteiger partial charge on any atom is 0.335 e. The highest BCUT2D eigenvalue weighted by molar-refractivity contribution is 6.39. The van der Waals surface area contributed by atoms with E-state index in [2.05, 4.69) is 9.88 Å². The zero-order valence-electron chi connectivity index (χ0n) is 20.1. The lowest BCUT2D eigenvalue weighted by molar-refractivity contribution is -0.122. The Hall–Kier alpha value is -4.72. The number of ether oxygens (including phenoxy) is 1. The highest BCUT2D eigenvalue weighted by Crippen LogP contribution is 2.27. The van der Waals surface area contributed by atoms with Gasteiger partial charge >= 0.3 is 6.03 Å². The Balaban J connectivity index is 1.40. The van der Waals surface area contributed by atoms with Crippen LogP contribution in [0.25, 0.3) is 17.0 Å². The molecular formula is C29H24FN3O4. The van der Waals surface area contributed by atoms with Gasteiger partial charge in [0.2, 0.25) is 0 Å². The van der Waals surface area contributed by atoms with Crippen LogP contribution in [0.5, 0.6) is 5.75 Å². The lowest BCUT2D eigenvalue weighted by atomic mass is 10.1. The number of barbiturate groups is 1. The Morgan fingerprint density at radius 3 is 2.46 bits per heavy atom. The van der Waals surface area contributed by atoms with E-state index in [9.17, 15) is 18.8 Å². The first-order valence-electron chi connectivity index (χ1n) is 11.9. The van der Waals surface area contributed by atoms with Gasteiger partial charge in [0.25, 0.3) is 11.8 Å². The molecule has 186 valence electrons. The molecule has 4 amide bonds. The molecule has 1 fully saturated rings. The van der Waals surface area contributed by atoms with E-state index >= 15 is 0 Å². The molecule has 4 aromatic rings. The van der Waals surface area contributed by atoms with E-state index in [4.69, 9.17) is 4.74 Å². The molecule has 0 atom stereocenters. The molecule has 37 heavy (non-hydrogen) atoms. The van der Waals surface area contributed by atoms with Crippen LogP contribution in [0.4, 0.5) is 14.9 Å². The molecular weight excluding hydrogens is 473 g/mol. The number of imide groups is 2. The summed E-state index contributed by atoms with van der Waals surface area (Å²) in [7, 11) is 0. The number of halogens is 1. The van der Waals surface area contributed by atoms with E-state index in [0.717, 1.165) is 45.7 Å². The first-order valence-corrected chi connectivity index (χ1v) is 11.9. The molecule has 1 aliphatic heterocycles. The fourth-order valence-corrected chi connectivity index (χ4v) is 4.35. The van der Waals surface area contributed by atoms with E-state index in [1.807, 2.05) is 61.7 Å². The summed E-state index contributed by atoms with van der Waals surface area (Å²) in [6, 6.07) is 19.6. The average Bonchev–Trinajstić information content (AvgIpc) is 3.24. The Labute approximate surface area is 212 Å². The summed E-state index contributed by atoms with van der Waals surface area (Å²) < 4.78 is 21.3. The number of urea groups is 1. The SMILES string of the molecule is Cc1ccccc1OCCCn1cc(/C=C2\C(=O)NC(=O)N(c3ccc(F)cc3)C2=O)c2ccccc21. The summed E-state index contributed by atoms with van der Waals surface area (Å²) in [5.74, 6) is -1.20. The molecule has 1 aromatic heterocycles. The number of hydrogen-bond acceptors (Lipinski definition) is 4. The molecule has 7 nitrogen and oxygen atoms in total. The summed E-state index contributed by atoms with van der Waals surface area (Å²) >= 11 is 0. The van der Waals surface area contributed by atoms with Crippen molar-refractivity contribution in [1.82, 2.24) is 9.88 Å². The van der Waals surface area contributed by atoms with Gasteiger partial charge in [-0.05, 0) is 61.4 Å². The normalized spacial score (nSPS) is 14.9. The van der Waals surface area contributed by atoms with Crippen LogP contribution in [-0.4, -0.2) is 29.0 Å². The lowest BCUT2D eigenvalue weighted by Gasteiger charge is -2.26. The molecule has 0 bridgehead atoms. The number of rotatable bonds is 7. The standard InChI is InChI=1S/C29H24FN3O4/c1-19-7-2-5-10-26(19)37-16-6-15-32-18-20(23-8-3-4-9-25(23)32)17-24-27(34)31-29(36)33(28(24)35)22-13-11-21(30)12-14-22/h2-5,7-14,17-18H,6,15-16H2,1H3,(H,31,34,36)/b24-17+. The van der Waals surface area contributed by atoms with Gasteiger partial charge in [-0.2, -0.15) is 0 Å². The summed E-state index contributed by atoms with van der Waals surface area (Å²) in [5.41, 5.74) is 2.67. The summed E-state index contributed by atoms with van der Waals surface area (Å²) in [4.78, 5) is 39.1. The van der Waals surface area contributed by atoms with Crippen molar-refractivity contribution < 1.29 is 23.5 Å². The Morgan fingerprint density at radius 2 is 1.68 bits per heavy atom. The molecule has 0 saturated carbocycles. The summed E-state index contributed by atoms with van der Waals surface area (Å²) in [6.45, 7) is 3.20. The maximum absolute atomic E-state index is 13.4. The van der Waals surface area contributed by atoms with E-state index < -0.39 is 23.7 Å². The van der Waals surface area contributed by atoms with E-state index in [1.54, 1.807) is 0 Å². The van der Waals surface area contributed by atoms with Crippen LogP contribution in [0, 0.1) is 12.7 Å². The fourth-order valence-electron chi connectivity index (χ4n) is 4.35. The van der Waals surface area contributed by atoms with Crippen molar-refractivity contribution >= 4 is 40.5 Å². The van der Waals surface area contributed by atoms with Crippen molar-refractivity contribution in [2.75, 3.05) is 11.5 Å². The van der Waals surface area contributed by atoms with Crippen molar-refractivity contribution in [3.8, 4) is 5.75 Å². The van der Waals surface area contributed by atoms with Gasteiger partial charge in [0.15, 0.2) is 0 Å². The second-order valence-corrected chi connectivity index (χ2v) is 8.70. The van der Waals surface area contributed by atoms with Crippen LogP contribution in [0.1, 0.15) is 17.5 Å². The van der Waals surface area contributed by atoms with Gasteiger partial charge in [-0.3, -0.25) is 14.9 Å². The number of benzene rings is 3. The monoisotopic (exact) mass is 497 g/mol. The van der Waals surface area contributed by atoms with Crippen molar-refractivity contribution in [2.24, 2.45) is 0 Å². The van der Waals surface area contributed by atoms with Gasteiger partial charge in [-0.15, -0.1) is 0 Å². The zero-order valence-corrected chi connectivity index (χ0v) is 20.1. The van der Waals surface area contributed by atoms with Crippen LogP contribution < -0.4 is 15.0 Å². The minimum absolute atomic E-state index is 0.165. The first-order chi connectivity index (χ1) is 17.9. The number of amides is 4. The number of nitrogens with zero attached hydrogens (tertiary/aromatic N) is 2. The van der Waals surface area contributed by atoms with Crippen LogP contribution >= 0.6 is 0 Å². The number of hydrogen-bond donors (Lipinski definition) is 1. The number of para-hydroxylation sites is 2. The van der Waals surface area contributed by atoms with Gasteiger partial charge in [0.05, 0.1) is 12.3 Å². The molecule has 1 saturated heterocycles. The molecule has 8 heteroatoms. The average molecular weight is 498 g/mol. The second-order valence-electron chi connectivity index (χ2n) is 8.70. The molecule has 3 aromatic carbocycles. The van der Waals surface area contributed by atoms with Crippen molar-refractivity contribution in [3.05, 3.63) is 102 Å². The number of carbonyl (C=O) groups is 3. The smallest absolute Gasteiger partial charge is 0.335 e. The molecule has 1 aliphatic rings. The Kier molecular flexibility index (Phi) is 6.55. The molecule has 0 aliphatic carbocycles. The van der Waals surface area contributed by atoms with E-state index in [0.29, 0.717) is 18.7 Å². The number of anilines is 1. The molecule has 0 radical (unpaired) electrons. The Bertz CT molecular complexity index is 1540. The lowest BCUT2D eigenvalue weighted by Crippen LogP contribution is -2.54. The predicted octanol–water partition coefficient (Wildman–Crippen LogP) is 5.22. The Morgan fingerprint density at radius 1 is 0.946 bits per heavy atom. The molecule has 1 N–H and O–H groups in total. The van der Waals surface area contributed by atoms with Gasteiger partial charge in [-0.1, -0.05) is 36.4 Å². The molecule has 0 unspecified atom stereocenters. The summed E-state index contributed by atoms with van der Waals surface area (Å²) in [6.07, 6.45) is 4.11. The largest absolute Gasteiger partial charge is 0.493 e. The van der Waals surface area contributed by atoms with Crippen LogP contribution in [-0.2, 0) is 16.1 Å². The number of nitrogens with one attached hydrogen (secondary N) is 1. The predicted molar refractivity (Wildman–Crippen MR) is 139 cm³/mol. The zero-order chi connectivity index (χ0) is 25.9. The molecule has 0 spiro atoms. The highest BCUT2D eigenvalue weighted by atomic mass is 19.1. The van der Waals surface area contributed by atoms with Crippen molar-refractivity contribution in [3.63, 3.8) is 0 Å². The third-order valence-corrected chi connectivity index (χ3v) is 6.20. The number of fused-ring (bicyclic) bond motifs is 1. The number of carbonyl (C=O) groups excluding carboxylic acids is 3. The topological polar surface area (TPSA) is 80.6 Å². The third kappa shape index (κ3) is 4.86. The quantitative estimate of drug-likeness (QED) is 0.216. The van der Waals surface area contributed by atoms with Crippen molar-refractivity contribution in [1.29, 1.82) is 0 Å². The van der Waals surface area contributed by atoms with Crippen LogP contribution in [0.3, 0.4) is 0 Å². The number of aromatic nitrogens is 1. The minimum atomic E-state index is -0.880. The highest BCUT2D eigenvalue weighted by Gasteiger charge is 2.37. The van der Waals surface area contributed by atoms with E-state index in [1.165, 1.54) is 18.2 Å². The summed E-state index contributed by atoms with van der Waals surface area (Å²) in [5, 5.41) is 3.06. The first kappa shape index (κ1) is 24.0. The van der Waals surface area contributed by atoms with E-state index in [-0.39, 0.29) is 11.3 Å². The van der Waals surface area contributed by atoms with Crippen LogP contribution in [0.2, 0.25) is 0 Å². The van der Waals surface area contributed by atoms with Gasteiger partial charge in [0, 0.05) is 29.2 Å². The molecule has 5 rings (SSSR count). The molecule has 2 heterocycles. The second kappa shape index (κ2) is 10.1. The number of aryl methyl sites for hydroxylation is 2. The van der Waals surface area contributed by atoms with Gasteiger partial charge in [-0.25, -0.2) is 14.1 Å². The van der Waals surface area contributed by atoms with Crippen molar-refractivity contribution in [2.45, 2.75) is 19.9 Å². The third-order valence-electron chi connectivity index (χ3n) is 6.20. The van der Waals surface area contributed by atoms with Crippen LogP contribution in [0.15, 0.2) is 84.6 Å². The maximum atomic E-state index is 13.4. The fraction of sp³-hybridized carbons (Fsp3) is 0.138. The van der Waals surface area contributed by atoms with Gasteiger partial charge in [0.1, 0.15) is 17.1 Å².